The minimum atomic E-state index is -3.02. The molecule has 1 unspecified atom stereocenters. The molecular formula is C32H36N6O4S. The van der Waals surface area contributed by atoms with Crippen LogP contribution in [0.1, 0.15) is 25.0 Å². The molecule has 10 nitrogen and oxygen atoms in total. The Labute approximate surface area is 252 Å². The van der Waals surface area contributed by atoms with Gasteiger partial charge in [-0.05, 0) is 47.0 Å². The highest BCUT2D eigenvalue weighted by Crippen LogP contribution is 2.33. The van der Waals surface area contributed by atoms with Crippen LogP contribution in [0.15, 0.2) is 102 Å². The van der Waals surface area contributed by atoms with Crippen LogP contribution in [0.4, 0.5) is 11.4 Å². The van der Waals surface area contributed by atoms with Gasteiger partial charge in [-0.25, -0.2) is 13.1 Å². The number of rotatable bonds is 9. The molecule has 1 aliphatic heterocycles. The maximum absolute atomic E-state index is 14.1. The summed E-state index contributed by atoms with van der Waals surface area (Å²) in [4.78, 5) is 26.7. The normalized spacial score (nSPS) is 16.3. The summed E-state index contributed by atoms with van der Waals surface area (Å²) in [7, 11) is -3.02. The van der Waals surface area contributed by atoms with E-state index in [1.807, 2.05) is 97.1 Å². The molecule has 0 aromatic heterocycles. The highest BCUT2D eigenvalue weighted by atomic mass is 32.2. The minimum absolute atomic E-state index is 0.318. The number of amides is 2. The van der Waals surface area contributed by atoms with Crippen molar-refractivity contribution in [2.75, 3.05) is 29.7 Å². The number of hydrazone groups is 1. The molecule has 0 fully saturated rings. The first-order chi connectivity index (χ1) is 20.6. The second-order valence-corrected chi connectivity index (χ2v) is 11.8. The largest absolute Gasteiger partial charge is 0.350 e. The van der Waals surface area contributed by atoms with E-state index in [0.717, 1.165) is 29.0 Å². The van der Waals surface area contributed by atoms with Crippen molar-refractivity contribution >= 4 is 49.7 Å². The van der Waals surface area contributed by atoms with E-state index >= 15 is 0 Å². The standard InChI is InChI=1S/C29H26N4O2.C3H10N2O2S/c1-3-21-16-18-23(19-17-21)31-29(30-20(2)34)27(26-15-9-11-22-10-7-8-14-25(22)26)32-33(28(29)35)24-12-5-4-6-13-24;1-8(6,7)5-3-2-4/h4-19,31H,3H2,1-2H3,(H,30,34);5H,2-4H2,1H3. The highest BCUT2D eigenvalue weighted by molar-refractivity contribution is 7.88. The van der Waals surface area contributed by atoms with Gasteiger partial charge in [0.2, 0.25) is 21.6 Å². The van der Waals surface area contributed by atoms with Crippen LogP contribution < -0.4 is 26.1 Å². The van der Waals surface area contributed by atoms with Crippen LogP contribution in [-0.2, 0) is 26.0 Å². The third-order valence-corrected chi connectivity index (χ3v) is 7.41. The molecule has 11 heteroatoms. The Kier molecular flexibility index (Phi) is 9.92. The van der Waals surface area contributed by atoms with E-state index in [0.29, 0.717) is 30.2 Å². The molecule has 5 rings (SSSR count). The van der Waals surface area contributed by atoms with E-state index in [2.05, 4.69) is 22.3 Å². The zero-order chi connectivity index (χ0) is 31.0. The summed E-state index contributed by atoms with van der Waals surface area (Å²) in [6, 6.07) is 30.9. The van der Waals surface area contributed by atoms with Crippen LogP contribution in [0.5, 0.6) is 0 Å². The van der Waals surface area contributed by atoms with Crippen molar-refractivity contribution in [1.29, 1.82) is 0 Å². The van der Waals surface area contributed by atoms with Gasteiger partial charge in [0.15, 0.2) is 0 Å². The molecule has 5 N–H and O–H groups in total. The van der Waals surface area contributed by atoms with Crippen molar-refractivity contribution in [2.24, 2.45) is 10.8 Å². The Hall–Kier alpha value is -4.58. The zero-order valence-corrected chi connectivity index (χ0v) is 25.2. The summed E-state index contributed by atoms with van der Waals surface area (Å²) in [6.07, 6.45) is 2.00. The van der Waals surface area contributed by atoms with Crippen molar-refractivity contribution in [3.8, 4) is 0 Å². The lowest BCUT2D eigenvalue weighted by Crippen LogP contribution is -2.64. The highest BCUT2D eigenvalue weighted by Gasteiger charge is 2.53. The molecule has 1 atom stereocenters. The van der Waals surface area contributed by atoms with Crippen LogP contribution >= 0.6 is 0 Å². The average molecular weight is 601 g/mol. The number of para-hydroxylation sites is 1. The van der Waals surface area contributed by atoms with Crippen LogP contribution in [0.25, 0.3) is 10.8 Å². The average Bonchev–Trinajstić information content (AvgIpc) is 3.27. The van der Waals surface area contributed by atoms with E-state index in [4.69, 9.17) is 10.8 Å². The molecule has 0 radical (unpaired) electrons. The van der Waals surface area contributed by atoms with Gasteiger partial charge in [-0.15, -0.1) is 0 Å². The number of hydrogen-bond acceptors (Lipinski definition) is 7. The van der Waals surface area contributed by atoms with Gasteiger partial charge in [0.1, 0.15) is 5.71 Å². The molecular weight excluding hydrogens is 564 g/mol. The number of nitrogens with one attached hydrogen (secondary N) is 3. The summed E-state index contributed by atoms with van der Waals surface area (Å²) >= 11 is 0. The Balaban J connectivity index is 0.000000467. The van der Waals surface area contributed by atoms with Gasteiger partial charge in [0, 0.05) is 31.3 Å². The van der Waals surface area contributed by atoms with E-state index in [1.54, 1.807) is 0 Å². The van der Waals surface area contributed by atoms with Crippen molar-refractivity contribution in [3.63, 3.8) is 0 Å². The summed E-state index contributed by atoms with van der Waals surface area (Å²) in [5.41, 5.74) is 7.10. The van der Waals surface area contributed by atoms with Crippen molar-refractivity contribution < 1.29 is 18.0 Å². The van der Waals surface area contributed by atoms with E-state index in [1.165, 1.54) is 17.5 Å². The summed E-state index contributed by atoms with van der Waals surface area (Å²) in [5, 5.41) is 14.4. The molecule has 0 saturated carbocycles. The molecule has 4 aromatic rings. The number of hydrogen-bond donors (Lipinski definition) is 4. The Morgan fingerprint density at radius 3 is 2.19 bits per heavy atom. The summed E-state index contributed by atoms with van der Waals surface area (Å²) in [6.45, 7) is 4.15. The van der Waals surface area contributed by atoms with Crippen LogP contribution in [0, 0.1) is 0 Å². The maximum atomic E-state index is 14.1. The van der Waals surface area contributed by atoms with Gasteiger partial charge in [0.25, 0.3) is 0 Å². The second-order valence-electron chi connectivity index (χ2n) is 9.99. The van der Waals surface area contributed by atoms with Gasteiger partial charge >= 0.3 is 5.91 Å². The molecule has 0 bridgehead atoms. The number of sulfonamides is 1. The molecule has 43 heavy (non-hydrogen) atoms. The van der Waals surface area contributed by atoms with Crippen LogP contribution in [0.3, 0.4) is 0 Å². The summed E-state index contributed by atoms with van der Waals surface area (Å²) in [5.74, 6) is -0.736. The predicted octanol–water partition coefficient (Wildman–Crippen LogP) is 3.59. The van der Waals surface area contributed by atoms with Gasteiger partial charge < -0.3 is 16.4 Å². The fourth-order valence-electron chi connectivity index (χ4n) is 4.72. The maximum Gasteiger partial charge on any atom is 0.300 e. The van der Waals surface area contributed by atoms with Gasteiger partial charge in [-0.2, -0.15) is 10.1 Å². The second kappa shape index (κ2) is 13.6. The molecule has 0 aliphatic carbocycles. The SMILES string of the molecule is CCc1ccc(NC2(NC(C)=O)C(=O)N(c3ccccc3)N=C2c2cccc3ccccc23)cc1.CS(=O)(=O)NCCN. The van der Waals surface area contributed by atoms with Crippen molar-refractivity contribution in [2.45, 2.75) is 25.9 Å². The first kappa shape index (κ1) is 31.4. The number of carbonyl (C=O) groups is 2. The fraction of sp³-hybridized carbons (Fsp3) is 0.219. The molecule has 2 amide bonds. The van der Waals surface area contributed by atoms with E-state index in [9.17, 15) is 18.0 Å². The minimum Gasteiger partial charge on any atom is -0.350 e. The zero-order valence-electron chi connectivity index (χ0n) is 24.4. The smallest absolute Gasteiger partial charge is 0.300 e. The molecule has 1 heterocycles. The lowest BCUT2D eigenvalue weighted by atomic mass is 9.92. The molecule has 4 aromatic carbocycles. The Morgan fingerprint density at radius 1 is 0.930 bits per heavy atom. The van der Waals surface area contributed by atoms with Crippen LogP contribution in [0.2, 0.25) is 0 Å². The third-order valence-electron chi connectivity index (χ3n) is 6.68. The monoisotopic (exact) mass is 600 g/mol. The first-order valence-corrected chi connectivity index (χ1v) is 15.7. The topological polar surface area (TPSA) is 146 Å². The van der Waals surface area contributed by atoms with E-state index < -0.39 is 15.7 Å². The first-order valence-electron chi connectivity index (χ1n) is 13.9. The lowest BCUT2D eigenvalue weighted by Gasteiger charge is -2.32. The molecule has 0 spiro atoms. The summed E-state index contributed by atoms with van der Waals surface area (Å²) < 4.78 is 22.7. The third kappa shape index (κ3) is 7.44. The van der Waals surface area contributed by atoms with Gasteiger partial charge in [-0.3, -0.25) is 9.59 Å². The van der Waals surface area contributed by atoms with E-state index in [-0.39, 0.29) is 11.8 Å². The number of aryl methyl sites for hydroxylation is 1. The quantitative estimate of drug-likeness (QED) is 0.216. The number of carbonyl (C=O) groups excluding carboxylic acids is 2. The Bertz CT molecular complexity index is 1720. The number of benzene rings is 4. The number of nitrogens with two attached hydrogens (primary N) is 1. The fourth-order valence-corrected chi connectivity index (χ4v) is 5.21. The number of fused-ring (bicyclic) bond motifs is 1. The van der Waals surface area contributed by atoms with Crippen molar-refractivity contribution in [1.82, 2.24) is 10.0 Å². The predicted molar refractivity (Wildman–Crippen MR) is 172 cm³/mol. The number of nitrogens with zero attached hydrogens (tertiary/aromatic N) is 2. The molecule has 1 aliphatic rings. The van der Waals surface area contributed by atoms with Crippen molar-refractivity contribution in [3.05, 3.63) is 108 Å². The number of anilines is 2. The molecule has 224 valence electrons. The van der Waals surface area contributed by atoms with Gasteiger partial charge in [0.05, 0.1) is 11.9 Å². The van der Waals surface area contributed by atoms with Crippen LogP contribution in [-0.4, -0.2) is 51.0 Å². The molecule has 0 saturated heterocycles. The lowest BCUT2D eigenvalue weighted by molar-refractivity contribution is -0.127. The van der Waals surface area contributed by atoms with Gasteiger partial charge in [-0.1, -0.05) is 79.7 Å². The Morgan fingerprint density at radius 2 is 1.58 bits per heavy atom.